The van der Waals surface area contributed by atoms with Crippen LogP contribution in [0.15, 0.2) is 165 Å². The molecule has 0 aromatic heterocycles. The van der Waals surface area contributed by atoms with Gasteiger partial charge in [0.05, 0.1) is 28.9 Å². The van der Waals surface area contributed by atoms with E-state index in [0.29, 0.717) is 51.2 Å². The zero-order chi connectivity index (χ0) is 74.2. The van der Waals surface area contributed by atoms with Gasteiger partial charge in [-0.05, 0) is 261 Å². The summed E-state index contributed by atoms with van der Waals surface area (Å²) in [6, 6.07) is 52.1. The summed E-state index contributed by atoms with van der Waals surface area (Å²) in [5, 5.41) is 26.2. The number of aromatic hydroxyl groups is 2. The molecule has 4 fully saturated rings. The average molecular weight is 1470 g/mol. The molecule has 0 bridgehead atoms. The number of aryl methyl sites for hydroxylation is 2. The third-order valence-corrected chi connectivity index (χ3v) is 28.2. The normalized spacial score (nSPS) is 21.0. The van der Waals surface area contributed by atoms with E-state index in [9.17, 15) is 10.2 Å². The van der Waals surface area contributed by atoms with Crippen molar-refractivity contribution < 1.29 is 24.5 Å². The summed E-state index contributed by atoms with van der Waals surface area (Å²) in [5.41, 5.74) is 13.2. The van der Waals surface area contributed by atoms with E-state index in [1.807, 2.05) is 12.1 Å². The average Bonchev–Trinajstić information content (AvgIpc) is 0.713. The quantitative estimate of drug-likeness (QED) is 0.0397. The molecule has 5 nitrogen and oxygen atoms in total. The second-order valence-corrected chi connectivity index (χ2v) is 35.9. The van der Waals surface area contributed by atoms with Gasteiger partial charge >= 0.3 is 0 Å². The van der Waals surface area contributed by atoms with Gasteiger partial charge in [-0.25, -0.2) is 0 Å². The van der Waals surface area contributed by atoms with Crippen LogP contribution in [-0.2, 0) is 0 Å². The Morgan fingerprint density at radius 1 is 0.327 bits per heavy atom. The Balaban J connectivity index is 0.822. The number of fused-ring (bicyclic) bond motifs is 2. The molecule has 0 atom stereocenters. The van der Waals surface area contributed by atoms with Crippen molar-refractivity contribution in [3.8, 4) is 61.8 Å². The lowest BCUT2D eigenvalue weighted by Crippen LogP contribution is -2.23. The first-order chi connectivity index (χ1) is 52.3. The molecule has 0 aliphatic heterocycles. The molecule has 4 saturated carbocycles. The van der Waals surface area contributed by atoms with E-state index in [0.717, 1.165) is 83.7 Å². The minimum Gasteiger partial charge on any atom is -0.507 e. The molecular formula is C100H124O5S2. The number of benzene rings is 8. The standard InChI is InChI=1S/C100H124O5S2/c1-7-11-15-16-17-21-25-72-34-40-76(41-35-72)81-50-52-84(53-51-81)88-64-90(106-86-58-54-82(55-59-86)79-46-42-77(43-47-79)74-36-30-70(31-37-74)23-19-13-9-3)92-94(96(88)101)98(103)93-91(107-87-60-56-83(57-61-87)80-48-44-78(45-49-80)75-38-32-71(33-39-75)24-20-14-10-4)65-89(97(102)95(93)99(92)104)85-62-67(5)100(68(6)63-85)105-66-73-28-26-69(27-29-73)22-18-12-8-2/h42-65,69-76,101-102H,7-41,66H2,1-6H3. The van der Waals surface area contributed by atoms with Crippen LogP contribution in [0.5, 0.6) is 17.2 Å². The number of rotatable bonds is 33. The highest BCUT2D eigenvalue weighted by Gasteiger charge is 2.41. The molecule has 0 heterocycles. The van der Waals surface area contributed by atoms with Crippen molar-refractivity contribution in [2.45, 2.75) is 304 Å². The Bertz CT molecular complexity index is 4170. The molecule has 107 heavy (non-hydrogen) atoms. The largest absolute Gasteiger partial charge is 0.507 e. The number of unbranched alkanes of at least 4 members (excludes halogenated alkanes) is 11. The Morgan fingerprint density at radius 3 is 0.981 bits per heavy atom. The molecule has 5 aliphatic carbocycles. The van der Waals surface area contributed by atoms with Crippen LogP contribution in [0.25, 0.3) is 44.5 Å². The molecular weight excluding hydrogens is 1350 g/mol. The summed E-state index contributed by atoms with van der Waals surface area (Å²) < 4.78 is 6.77. The zero-order valence-electron chi connectivity index (χ0n) is 65.9. The van der Waals surface area contributed by atoms with Gasteiger partial charge in [0.1, 0.15) is 17.2 Å². The van der Waals surface area contributed by atoms with Crippen LogP contribution in [0.2, 0.25) is 0 Å². The van der Waals surface area contributed by atoms with Crippen molar-refractivity contribution in [1.82, 2.24) is 0 Å². The van der Waals surface area contributed by atoms with Gasteiger partial charge in [-0.1, -0.05) is 283 Å². The van der Waals surface area contributed by atoms with Gasteiger partial charge in [0.2, 0.25) is 0 Å². The number of carbonyl (C=O) groups excluding carboxylic acids is 2. The molecule has 0 radical (unpaired) electrons. The van der Waals surface area contributed by atoms with E-state index in [2.05, 4.69) is 175 Å². The minimum atomic E-state index is -0.489. The summed E-state index contributed by atoms with van der Waals surface area (Å²) in [6.45, 7) is 14.0. The van der Waals surface area contributed by atoms with Crippen LogP contribution in [0.3, 0.4) is 0 Å². The molecule has 7 heteroatoms. The fourth-order valence-corrected chi connectivity index (χ4v) is 21.4. The van der Waals surface area contributed by atoms with Crippen molar-refractivity contribution in [1.29, 1.82) is 0 Å². The highest BCUT2D eigenvalue weighted by molar-refractivity contribution is 7.99. The van der Waals surface area contributed by atoms with Crippen molar-refractivity contribution in [3.63, 3.8) is 0 Å². The van der Waals surface area contributed by atoms with Crippen molar-refractivity contribution in [2.75, 3.05) is 6.61 Å². The molecule has 566 valence electrons. The van der Waals surface area contributed by atoms with Gasteiger partial charge in [0.25, 0.3) is 0 Å². The Kier molecular flexibility index (Phi) is 28.0. The number of phenolic OH excluding ortho intramolecular Hbond substituents is 2. The second-order valence-electron chi connectivity index (χ2n) is 33.7. The molecule has 0 unspecified atom stereocenters. The molecule has 8 aromatic carbocycles. The molecule has 5 aliphatic rings. The molecule has 13 rings (SSSR count). The Morgan fingerprint density at radius 2 is 0.617 bits per heavy atom. The maximum atomic E-state index is 16.3. The van der Waals surface area contributed by atoms with Gasteiger partial charge < -0.3 is 14.9 Å². The summed E-state index contributed by atoms with van der Waals surface area (Å²) in [4.78, 5) is 35.5. The lowest BCUT2D eigenvalue weighted by molar-refractivity contribution is 0.0970. The van der Waals surface area contributed by atoms with E-state index in [1.165, 1.54) is 265 Å². The van der Waals surface area contributed by atoms with E-state index < -0.39 is 11.6 Å². The highest BCUT2D eigenvalue weighted by Crippen LogP contribution is 2.53. The number of hydrogen-bond acceptors (Lipinski definition) is 7. The number of ether oxygens (including phenoxy) is 1. The molecule has 0 spiro atoms. The summed E-state index contributed by atoms with van der Waals surface area (Å²) in [5.74, 6) is 5.01. The van der Waals surface area contributed by atoms with Crippen LogP contribution >= 0.6 is 23.5 Å². The van der Waals surface area contributed by atoms with Crippen LogP contribution in [0.1, 0.15) is 330 Å². The number of hydrogen-bond donors (Lipinski definition) is 2. The van der Waals surface area contributed by atoms with Gasteiger partial charge in [0.15, 0.2) is 11.6 Å². The lowest BCUT2D eigenvalue weighted by Gasteiger charge is -2.29. The van der Waals surface area contributed by atoms with Crippen molar-refractivity contribution in [2.24, 2.45) is 29.6 Å². The van der Waals surface area contributed by atoms with Gasteiger partial charge in [0, 0.05) is 30.7 Å². The molecule has 2 N–H and O–H groups in total. The summed E-state index contributed by atoms with van der Waals surface area (Å²) in [7, 11) is 0. The van der Waals surface area contributed by atoms with Crippen LogP contribution in [0, 0.1) is 43.4 Å². The molecule has 0 saturated heterocycles. The molecule has 8 aromatic rings. The van der Waals surface area contributed by atoms with Crippen molar-refractivity contribution >= 4 is 35.1 Å². The second kappa shape index (κ2) is 38.2. The molecule has 0 amide bonds. The highest BCUT2D eigenvalue weighted by atomic mass is 32.2. The fraction of sp³-hybridized carbons (Fsp3) is 0.500. The zero-order valence-corrected chi connectivity index (χ0v) is 67.5. The van der Waals surface area contributed by atoms with Gasteiger partial charge in [-0.3, -0.25) is 9.59 Å². The van der Waals surface area contributed by atoms with E-state index in [1.54, 1.807) is 0 Å². The lowest BCUT2D eigenvalue weighted by atomic mass is 9.76. The Hall–Kier alpha value is -6.80. The fourth-order valence-electron chi connectivity index (χ4n) is 19.4. The predicted octanol–water partition coefficient (Wildman–Crippen LogP) is 30.0. The third kappa shape index (κ3) is 19.5. The predicted molar refractivity (Wildman–Crippen MR) is 451 cm³/mol. The minimum absolute atomic E-state index is 0.0251. The Labute approximate surface area is 652 Å². The van der Waals surface area contributed by atoms with Crippen LogP contribution in [0.4, 0.5) is 0 Å². The maximum Gasteiger partial charge on any atom is 0.199 e. The summed E-state index contributed by atoms with van der Waals surface area (Å²) in [6.07, 6.45) is 45.6. The first-order valence-electron chi connectivity index (χ1n) is 42.8. The maximum absolute atomic E-state index is 16.3. The number of phenols is 2. The monoisotopic (exact) mass is 1470 g/mol. The van der Waals surface area contributed by atoms with Crippen molar-refractivity contribution in [3.05, 3.63) is 196 Å². The van der Waals surface area contributed by atoms with Gasteiger partial charge in [-0.2, -0.15) is 0 Å². The van der Waals surface area contributed by atoms with Gasteiger partial charge in [-0.15, -0.1) is 0 Å². The first kappa shape index (κ1) is 78.3. The smallest absolute Gasteiger partial charge is 0.199 e. The SMILES string of the molecule is CCCCCCCCC1CCC(c2ccc(-c3cc(Sc4ccc(-c5ccc(C6CCC(CCCCC)CC6)cc5)cc4)c4c(c3O)C(=O)c3c(Sc5ccc(-c6ccc(C7CCC(CCCCC)CC7)cc6)cc5)cc(-c5cc(C)c(OCC6CCC(CCCCC)CC6)c(C)c5)c(O)c3C4=O)cc2)CC1. The first-order valence-corrected chi connectivity index (χ1v) is 44.5. The topological polar surface area (TPSA) is 83.8 Å². The summed E-state index contributed by atoms with van der Waals surface area (Å²) >= 11 is 2.85. The van der Waals surface area contributed by atoms with Crippen LogP contribution in [-0.4, -0.2) is 28.4 Å². The number of carbonyl (C=O) groups is 2. The van der Waals surface area contributed by atoms with E-state index in [4.69, 9.17) is 4.74 Å². The van der Waals surface area contributed by atoms with E-state index in [-0.39, 0.29) is 33.8 Å². The number of ketones is 2. The van der Waals surface area contributed by atoms with E-state index >= 15 is 9.59 Å². The van der Waals surface area contributed by atoms with Crippen LogP contribution < -0.4 is 4.74 Å². The third-order valence-electron chi connectivity index (χ3n) is 26.1.